The van der Waals surface area contributed by atoms with Gasteiger partial charge in [0.25, 0.3) is 5.91 Å². The maximum Gasteiger partial charge on any atom is 0.270 e. The fourth-order valence-electron chi connectivity index (χ4n) is 4.03. The average molecular weight is 420 g/mol. The predicted molar refractivity (Wildman–Crippen MR) is 106 cm³/mol. The highest BCUT2D eigenvalue weighted by Gasteiger charge is 2.34. The molecule has 1 atom stereocenters. The number of furan rings is 1. The van der Waals surface area contributed by atoms with Gasteiger partial charge in [0.1, 0.15) is 11.5 Å². The lowest BCUT2D eigenvalue weighted by Gasteiger charge is -2.26. The number of sulfone groups is 1. The van der Waals surface area contributed by atoms with E-state index < -0.39 is 9.84 Å². The Morgan fingerprint density at radius 3 is 2.72 bits per heavy atom. The molecule has 9 heteroatoms. The van der Waals surface area contributed by atoms with Crippen molar-refractivity contribution in [3.8, 4) is 0 Å². The van der Waals surface area contributed by atoms with Crippen molar-refractivity contribution in [1.29, 1.82) is 0 Å². The monoisotopic (exact) mass is 419 g/mol. The van der Waals surface area contributed by atoms with E-state index in [4.69, 9.17) is 4.42 Å². The Hall–Kier alpha value is -2.39. The third-order valence-corrected chi connectivity index (χ3v) is 7.39. The van der Waals surface area contributed by atoms with Crippen LogP contribution in [0.1, 0.15) is 45.9 Å². The lowest BCUT2D eigenvalue weighted by molar-refractivity contribution is 0.0787. The van der Waals surface area contributed by atoms with Crippen LogP contribution in [0.2, 0.25) is 0 Å². The second-order valence-electron chi connectivity index (χ2n) is 7.77. The van der Waals surface area contributed by atoms with Crippen molar-refractivity contribution in [2.45, 2.75) is 31.8 Å². The third-order valence-electron chi connectivity index (χ3n) is 5.64. The summed E-state index contributed by atoms with van der Waals surface area (Å²) in [5.41, 5.74) is 0.842. The van der Waals surface area contributed by atoms with Crippen molar-refractivity contribution in [1.82, 2.24) is 14.8 Å². The van der Waals surface area contributed by atoms with Gasteiger partial charge in [0.2, 0.25) is 0 Å². The summed E-state index contributed by atoms with van der Waals surface area (Å²) >= 11 is 0. The number of hydrogen-bond acceptors (Lipinski definition) is 6. The van der Waals surface area contributed by atoms with E-state index in [0.29, 0.717) is 30.0 Å². The molecule has 0 aliphatic carbocycles. The molecule has 0 radical (unpaired) electrons. The maximum atomic E-state index is 12.9. The van der Waals surface area contributed by atoms with Crippen LogP contribution in [0, 0.1) is 0 Å². The Kier molecular flexibility index (Phi) is 5.60. The largest absolute Gasteiger partial charge is 0.468 e. The molecular weight excluding hydrogens is 394 g/mol. The molecule has 8 nitrogen and oxygen atoms in total. The topological polar surface area (TPSA) is 104 Å². The number of likely N-dealkylation sites (tertiary alicyclic amines) is 1. The number of carbonyl (C=O) groups is 2. The Bertz CT molecular complexity index is 974. The Morgan fingerprint density at radius 2 is 2.07 bits per heavy atom. The van der Waals surface area contributed by atoms with Gasteiger partial charge in [-0.3, -0.25) is 14.5 Å². The van der Waals surface area contributed by atoms with Crippen LogP contribution in [0.25, 0.3) is 0 Å². The number of aromatic nitrogens is 1. The number of nitrogens with zero attached hydrogens (tertiary/aromatic N) is 2. The number of H-pyrrole nitrogens is 1. The molecule has 2 aliphatic rings. The minimum atomic E-state index is -3.08. The van der Waals surface area contributed by atoms with E-state index in [1.54, 1.807) is 29.5 Å². The first-order chi connectivity index (χ1) is 13.9. The number of carbonyl (C=O) groups excluding carboxylic acids is 2. The molecule has 29 heavy (non-hydrogen) atoms. The van der Waals surface area contributed by atoms with Gasteiger partial charge in [0.05, 0.1) is 30.9 Å². The SMILES string of the molecule is O=C(CN(Cc1ccco1)[C@H]1CCS(=O)(=O)C1)c1c[nH]c(C(=O)N2CCCC2)c1. The van der Waals surface area contributed by atoms with E-state index in [0.717, 1.165) is 25.9 Å². The van der Waals surface area contributed by atoms with Crippen LogP contribution in [-0.4, -0.2) is 72.1 Å². The summed E-state index contributed by atoms with van der Waals surface area (Å²) < 4.78 is 29.2. The molecule has 1 N–H and O–H groups in total. The molecule has 2 saturated heterocycles. The number of Topliss-reactive ketones (excluding diaryl/α,β-unsaturated/α-hetero) is 1. The van der Waals surface area contributed by atoms with Gasteiger partial charge < -0.3 is 14.3 Å². The highest BCUT2D eigenvalue weighted by Crippen LogP contribution is 2.21. The molecule has 1 amide bonds. The quantitative estimate of drug-likeness (QED) is 0.686. The first-order valence-electron chi connectivity index (χ1n) is 9.89. The Morgan fingerprint density at radius 1 is 1.28 bits per heavy atom. The summed E-state index contributed by atoms with van der Waals surface area (Å²) in [6, 6.07) is 4.95. The molecule has 156 valence electrons. The number of ketones is 1. The Balaban J connectivity index is 1.47. The van der Waals surface area contributed by atoms with Gasteiger partial charge in [0, 0.05) is 30.9 Å². The molecule has 2 aromatic heterocycles. The summed E-state index contributed by atoms with van der Waals surface area (Å²) in [7, 11) is -3.08. The van der Waals surface area contributed by atoms with Crippen molar-refractivity contribution < 1.29 is 22.4 Å². The summed E-state index contributed by atoms with van der Waals surface area (Å²) in [5.74, 6) is 0.626. The standard InChI is InChI=1S/C20H25N3O5S/c24-19(15-10-18(21-11-15)20(25)22-6-1-2-7-22)13-23(12-17-4-3-8-28-17)16-5-9-29(26,27)14-16/h3-4,8,10-11,16,21H,1-2,5-7,9,12-14H2/t16-/m0/s1. The summed E-state index contributed by atoms with van der Waals surface area (Å²) in [4.78, 5) is 31.9. The molecule has 0 bridgehead atoms. The zero-order chi connectivity index (χ0) is 20.4. The Labute approximate surface area is 169 Å². The molecule has 0 unspecified atom stereocenters. The number of nitrogens with one attached hydrogen (secondary N) is 1. The van der Waals surface area contributed by atoms with Crippen molar-refractivity contribution in [2.24, 2.45) is 0 Å². The van der Waals surface area contributed by atoms with Crippen LogP contribution in [0.5, 0.6) is 0 Å². The van der Waals surface area contributed by atoms with Crippen molar-refractivity contribution in [2.75, 3.05) is 31.1 Å². The second-order valence-corrected chi connectivity index (χ2v) is 9.99. The molecule has 2 aliphatic heterocycles. The maximum absolute atomic E-state index is 12.9. The van der Waals surface area contributed by atoms with E-state index in [2.05, 4.69) is 4.98 Å². The molecule has 0 saturated carbocycles. The van der Waals surface area contributed by atoms with Crippen molar-refractivity contribution >= 4 is 21.5 Å². The van der Waals surface area contributed by atoms with Gasteiger partial charge in [0.15, 0.2) is 15.6 Å². The smallest absolute Gasteiger partial charge is 0.270 e. The van der Waals surface area contributed by atoms with Crippen LogP contribution in [0.4, 0.5) is 0 Å². The van der Waals surface area contributed by atoms with Crippen LogP contribution >= 0.6 is 0 Å². The van der Waals surface area contributed by atoms with E-state index in [-0.39, 0.29) is 35.8 Å². The van der Waals surface area contributed by atoms with Crippen LogP contribution < -0.4 is 0 Å². The zero-order valence-electron chi connectivity index (χ0n) is 16.2. The highest BCUT2D eigenvalue weighted by atomic mass is 32.2. The minimum absolute atomic E-state index is 0.0484. The molecule has 0 spiro atoms. The summed E-state index contributed by atoms with van der Waals surface area (Å²) in [6.45, 7) is 1.92. The average Bonchev–Trinajstić information content (AvgIpc) is 3.46. The van der Waals surface area contributed by atoms with E-state index in [1.165, 1.54) is 0 Å². The summed E-state index contributed by atoms with van der Waals surface area (Å²) in [6.07, 6.45) is 5.63. The van der Waals surface area contributed by atoms with Crippen LogP contribution in [0.15, 0.2) is 35.1 Å². The molecule has 4 rings (SSSR count). The van der Waals surface area contributed by atoms with Crippen LogP contribution in [-0.2, 0) is 16.4 Å². The fourth-order valence-corrected chi connectivity index (χ4v) is 5.79. The first kappa shape index (κ1) is 19.9. The minimum Gasteiger partial charge on any atom is -0.468 e. The van der Waals surface area contributed by atoms with Gasteiger partial charge in [-0.25, -0.2) is 8.42 Å². The van der Waals surface area contributed by atoms with Gasteiger partial charge in [-0.15, -0.1) is 0 Å². The fraction of sp³-hybridized carbons (Fsp3) is 0.500. The number of aromatic amines is 1. The lowest BCUT2D eigenvalue weighted by Crippen LogP contribution is -2.39. The lowest BCUT2D eigenvalue weighted by atomic mass is 10.1. The van der Waals surface area contributed by atoms with E-state index >= 15 is 0 Å². The zero-order valence-corrected chi connectivity index (χ0v) is 17.0. The number of hydrogen-bond donors (Lipinski definition) is 1. The van der Waals surface area contributed by atoms with Crippen molar-refractivity contribution in [3.63, 3.8) is 0 Å². The van der Waals surface area contributed by atoms with Crippen LogP contribution in [0.3, 0.4) is 0 Å². The number of amides is 1. The highest BCUT2D eigenvalue weighted by molar-refractivity contribution is 7.91. The summed E-state index contributed by atoms with van der Waals surface area (Å²) in [5, 5.41) is 0. The van der Waals surface area contributed by atoms with Gasteiger partial charge in [-0.2, -0.15) is 0 Å². The van der Waals surface area contributed by atoms with Gasteiger partial charge in [-0.05, 0) is 37.5 Å². The third kappa shape index (κ3) is 4.62. The molecule has 2 aromatic rings. The molecular formula is C20H25N3O5S. The first-order valence-corrected chi connectivity index (χ1v) is 11.7. The normalized spacial score (nSPS) is 21.1. The second kappa shape index (κ2) is 8.16. The van der Waals surface area contributed by atoms with Crippen molar-refractivity contribution in [3.05, 3.63) is 47.7 Å². The van der Waals surface area contributed by atoms with E-state index in [9.17, 15) is 18.0 Å². The molecule has 4 heterocycles. The molecule has 0 aromatic carbocycles. The van der Waals surface area contributed by atoms with Gasteiger partial charge in [-0.1, -0.05) is 0 Å². The number of rotatable bonds is 7. The van der Waals surface area contributed by atoms with Gasteiger partial charge >= 0.3 is 0 Å². The predicted octanol–water partition coefficient (Wildman–Crippen LogP) is 1.72. The van der Waals surface area contributed by atoms with E-state index in [1.807, 2.05) is 11.0 Å². The molecule has 2 fully saturated rings.